The van der Waals surface area contributed by atoms with E-state index in [1.54, 1.807) is 0 Å². The van der Waals surface area contributed by atoms with E-state index in [-0.39, 0.29) is 0 Å². The van der Waals surface area contributed by atoms with E-state index in [2.05, 4.69) is 47.8 Å². The molecule has 1 N–H and O–H groups in total. The second kappa shape index (κ2) is 9.50. The molecule has 0 bridgehead atoms. The van der Waals surface area contributed by atoms with Gasteiger partial charge in [-0.2, -0.15) is 0 Å². The third-order valence-electron chi connectivity index (χ3n) is 4.64. The number of benzene rings is 2. The first-order valence-electron chi connectivity index (χ1n) is 9.04. The van der Waals surface area contributed by atoms with Crippen LogP contribution in [0.15, 0.2) is 53.4 Å². The first-order valence-corrected chi connectivity index (χ1v) is 10.4. The lowest BCUT2D eigenvalue weighted by atomic mass is 9.95. The second-order valence-electron chi connectivity index (χ2n) is 6.50. The number of nitrogens with one attached hydrogen (secondary N) is 1. The number of hydrogen-bond donors (Lipinski definition) is 1. The monoisotopic (exact) mass is 359 g/mol. The van der Waals surface area contributed by atoms with Crippen LogP contribution in [0.2, 0.25) is 5.02 Å². The maximum Gasteiger partial charge on any atom is 0.0412 e. The molecule has 1 aliphatic carbocycles. The molecule has 1 fully saturated rings. The first-order chi connectivity index (χ1) is 11.8. The molecule has 1 saturated carbocycles. The van der Waals surface area contributed by atoms with Crippen molar-refractivity contribution in [3.63, 3.8) is 0 Å². The van der Waals surface area contributed by atoms with Gasteiger partial charge in [-0.15, -0.1) is 11.8 Å². The van der Waals surface area contributed by atoms with Crippen molar-refractivity contribution in [2.45, 2.75) is 49.5 Å². The summed E-state index contributed by atoms with van der Waals surface area (Å²) in [5.74, 6) is 1.14. The minimum Gasteiger partial charge on any atom is -0.314 e. The van der Waals surface area contributed by atoms with Gasteiger partial charge in [0, 0.05) is 16.0 Å². The number of thioether (sulfide) groups is 1. The van der Waals surface area contributed by atoms with Crippen LogP contribution in [-0.2, 0) is 0 Å². The Balaban J connectivity index is 1.51. The molecule has 128 valence electrons. The fraction of sp³-hybridized carbons (Fsp3) is 0.429. The zero-order valence-electron chi connectivity index (χ0n) is 14.1. The van der Waals surface area contributed by atoms with Crippen LogP contribution in [0, 0.1) is 0 Å². The molecule has 0 atom stereocenters. The SMILES string of the molecule is Clc1ccc(SCCCNC2CCCCC2)c(-c2ccccc2)c1. The van der Waals surface area contributed by atoms with Gasteiger partial charge in [0.05, 0.1) is 0 Å². The summed E-state index contributed by atoms with van der Waals surface area (Å²) < 4.78 is 0. The van der Waals surface area contributed by atoms with Gasteiger partial charge in [0.15, 0.2) is 0 Å². The largest absolute Gasteiger partial charge is 0.314 e. The summed E-state index contributed by atoms with van der Waals surface area (Å²) >= 11 is 8.16. The van der Waals surface area contributed by atoms with Crippen LogP contribution >= 0.6 is 23.4 Å². The highest BCUT2D eigenvalue weighted by molar-refractivity contribution is 7.99. The Labute approximate surface area is 155 Å². The quantitative estimate of drug-likeness (QED) is 0.452. The van der Waals surface area contributed by atoms with Crippen LogP contribution in [-0.4, -0.2) is 18.3 Å². The summed E-state index contributed by atoms with van der Waals surface area (Å²) in [7, 11) is 0. The highest BCUT2D eigenvalue weighted by Crippen LogP contribution is 2.33. The third-order valence-corrected chi connectivity index (χ3v) is 6.04. The molecule has 0 amide bonds. The van der Waals surface area contributed by atoms with Gasteiger partial charge in [-0.05, 0) is 60.9 Å². The predicted molar refractivity (Wildman–Crippen MR) is 107 cm³/mol. The molecule has 0 unspecified atom stereocenters. The molecular formula is C21H26ClNS. The standard InChI is InChI=1S/C21H26ClNS/c22-18-12-13-21(20(16-18)17-8-3-1-4-9-17)24-15-7-14-23-19-10-5-2-6-11-19/h1,3-4,8-9,12-13,16,19,23H,2,5-7,10-11,14-15H2. The molecule has 0 saturated heterocycles. The molecule has 1 nitrogen and oxygen atoms in total. The summed E-state index contributed by atoms with van der Waals surface area (Å²) in [5, 5.41) is 4.53. The van der Waals surface area contributed by atoms with E-state index < -0.39 is 0 Å². The summed E-state index contributed by atoms with van der Waals surface area (Å²) in [6.45, 7) is 1.13. The Morgan fingerprint density at radius 3 is 2.58 bits per heavy atom. The molecule has 3 heteroatoms. The number of hydrogen-bond acceptors (Lipinski definition) is 2. The van der Waals surface area contributed by atoms with E-state index in [0.717, 1.165) is 23.4 Å². The van der Waals surface area contributed by atoms with Gasteiger partial charge < -0.3 is 5.32 Å². The highest BCUT2D eigenvalue weighted by atomic mass is 35.5. The van der Waals surface area contributed by atoms with Crippen molar-refractivity contribution in [3.8, 4) is 11.1 Å². The average molecular weight is 360 g/mol. The molecule has 0 aromatic heterocycles. The van der Waals surface area contributed by atoms with E-state index in [1.165, 1.54) is 54.5 Å². The lowest BCUT2D eigenvalue weighted by Gasteiger charge is -2.22. The molecule has 2 aromatic rings. The fourth-order valence-corrected chi connectivity index (χ4v) is 4.52. The van der Waals surface area contributed by atoms with Crippen molar-refractivity contribution in [2.24, 2.45) is 0 Å². The van der Waals surface area contributed by atoms with Gasteiger partial charge in [0.1, 0.15) is 0 Å². The van der Waals surface area contributed by atoms with E-state index in [9.17, 15) is 0 Å². The van der Waals surface area contributed by atoms with E-state index in [0.29, 0.717) is 0 Å². The molecule has 1 aliphatic rings. The van der Waals surface area contributed by atoms with Crippen molar-refractivity contribution in [1.29, 1.82) is 0 Å². The average Bonchev–Trinajstić information content (AvgIpc) is 2.64. The van der Waals surface area contributed by atoms with Gasteiger partial charge in [0.2, 0.25) is 0 Å². The minimum atomic E-state index is 0.763. The summed E-state index contributed by atoms with van der Waals surface area (Å²) in [5.41, 5.74) is 2.48. The van der Waals surface area contributed by atoms with Gasteiger partial charge in [-0.1, -0.05) is 61.2 Å². The Bertz CT molecular complexity index is 623. The zero-order chi connectivity index (χ0) is 16.6. The van der Waals surface area contributed by atoms with Gasteiger partial charge in [-0.3, -0.25) is 0 Å². The Hall–Kier alpha value is -0.960. The zero-order valence-corrected chi connectivity index (χ0v) is 15.7. The third kappa shape index (κ3) is 5.27. The van der Waals surface area contributed by atoms with Crippen LogP contribution in [0.1, 0.15) is 38.5 Å². The molecule has 24 heavy (non-hydrogen) atoms. The lowest BCUT2D eigenvalue weighted by Crippen LogP contribution is -2.31. The molecule has 0 heterocycles. The van der Waals surface area contributed by atoms with Crippen molar-refractivity contribution in [3.05, 3.63) is 53.6 Å². The summed E-state index contributed by atoms with van der Waals surface area (Å²) in [4.78, 5) is 1.32. The van der Waals surface area contributed by atoms with Crippen LogP contribution in [0.3, 0.4) is 0 Å². The van der Waals surface area contributed by atoms with Gasteiger partial charge in [0.25, 0.3) is 0 Å². The van der Waals surface area contributed by atoms with Crippen LogP contribution in [0.5, 0.6) is 0 Å². The molecule has 0 aliphatic heterocycles. The van der Waals surface area contributed by atoms with Gasteiger partial charge >= 0.3 is 0 Å². The van der Waals surface area contributed by atoms with Crippen molar-refractivity contribution >= 4 is 23.4 Å². The Morgan fingerprint density at radius 1 is 1.00 bits per heavy atom. The maximum atomic E-state index is 6.22. The molecule has 2 aromatic carbocycles. The highest BCUT2D eigenvalue weighted by Gasteiger charge is 2.12. The molecular weight excluding hydrogens is 334 g/mol. The number of rotatable bonds is 7. The lowest BCUT2D eigenvalue weighted by molar-refractivity contribution is 0.375. The summed E-state index contributed by atoms with van der Waals surface area (Å²) in [6.07, 6.45) is 8.16. The van der Waals surface area contributed by atoms with Crippen LogP contribution in [0.25, 0.3) is 11.1 Å². The Kier molecular flexibility index (Phi) is 7.07. The molecule has 0 radical (unpaired) electrons. The van der Waals surface area contributed by atoms with Crippen molar-refractivity contribution in [1.82, 2.24) is 5.32 Å². The Morgan fingerprint density at radius 2 is 1.79 bits per heavy atom. The van der Waals surface area contributed by atoms with Crippen LogP contribution < -0.4 is 5.32 Å². The molecule has 3 rings (SSSR count). The van der Waals surface area contributed by atoms with E-state index in [1.807, 2.05) is 17.8 Å². The maximum absolute atomic E-state index is 6.22. The molecule has 0 spiro atoms. The minimum absolute atomic E-state index is 0.763. The van der Waals surface area contributed by atoms with Gasteiger partial charge in [-0.25, -0.2) is 0 Å². The van der Waals surface area contributed by atoms with Crippen LogP contribution in [0.4, 0.5) is 0 Å². The smallest absolute Gasteiger partial charge is 0.0412 e. The van der Waals surface area contributed by atoms with E-state index >= 15 is 0 Å². The normalized spacial score (nSPS) is 15.5. The van der Waals surface area contributed by atoms with Crippen molar-refractivity contribution < 1.29 is 0 Å². The topological polar surface area (TPSA) is 12.0 Å². The predicted octanol–water partition coefficient (Wildman–Crippen LogP) is 6.41. The second-order valence-corrected chi connectivity index (χ2v) is 8.07. The fourth-order valence-electron chi connectivity index (χ4n) is 3.34. The van der Waals surface area contributed by atoms with E-state index in [4.69, 9.17) is 11.6 Å². The number of halogens is 1. The van der Waals surface area contributed by atoms with Crippen molar-refractivity contribution in [2.75, 3.05) is 12.3 Å². The first kappa shape index (κ1) is 17.8. The summed E-state index contributed by atoms with van der Waals surface area (Å²) in [6, 6.07) is 17.5.